The third-order valence-corrected chi connectivity index (χ3v) is 7.56. The number of likely N-dealkylation sites (N-methyl/N-ethyl adjacent to an activating group) is 1. The number of nitrogens with one attached hydrogen (secondary N) is 3. The van der Waals surface area contributed by atoms with Gasteiger partial charge in [-0.3, -0.25) is 9.59 Å². The summed E-state index contributed by atoms with van der Waals surface area (Å²) in [5.41, 5.74) is 3.40. The van der Waals surface area contributed by atoms with Crippen molar-refractivity contribution in [1.29, 1.82) is 0 Å². The fourth-order valence-electron chi connectivity index (χ4n) is 4.33. The summed E-state index contributed by atoms with van der Waals surface area (Å²) in [5.74, 6) is -0.551. The Balaban J connectivity index is 1.83. The lowest BCUT2D eigenvalue weighted by Gasteiger charge is -2.27. The zero-order valence-corrected chi connectivity index (χ0v) is 21.2. The highest BCUT2D eigenvalue weighted by molar-refractivity contribution is 7.90. The zero-order chi connectivity index (χ0) is 25.1. The first-order chi connectivity index (χ1) is 16.8. The van der Waals surface area contributed by atoms with Gasteiger partial charge in [0.15, 0.2) is 11.5 Å². The molecule has 0 saturated heterocycles. The van der Waals surface area contributed by atoms with Crippen molar-refractivity contribution in [2.24, 2.45) is 0 Å². The lowest BCUT2D eigenvalue weighted by atomic mass is 9.99. The van der Waals surface area contributed by atoms with E-state index < -0.39 is 23.6 Å². The van der Waals surface area contributed by atoms with E-state index in [9.17, 15) is 14.1 Å². The molecule has 0 bridgehead atoms. The molecule has 3 aromatic rings. The molecule has 35 heavy (non-hydrogen) atoms. The van der Waals surface area contributed by atoms with Gasteiger partial charge in [0.1, 0.15) is 11.7 Å². The van der Waals surface area contributed by atoms with Crippen LogP contribution in [0.4, 0.5) is 11.4 Å². The van der Waals surface area contributed by atoms with Crippen LogP contribution in [0.15, 0.2) is 60.7 Å². The molecule has 4 rings (SSSR count). The summed E-state index contributed by atoms with van der Waals surface area (Å²) >= 11 is -1.60. The number of fused-ring (bicyclic) bond motifs is 2. The molecule has 0 fully saturated rings. The summed E-state index contributed by atoms with van der Waals surface area (Å²) in [5, 5.41) is 7.94. The van der Waals surface area contributed by atoms with Gasteiger partial charge in [0.25, 0.3) is 5.91 Å². The number of nitrogens with zero attached hydrogens (tertiary/aromatic N) is 2. The molecule has 8 nitrogen and oxygen atoms in total. The molecule has 3 atom stereocenters. The number of hydrogen-bond acceptors (Lipinski definition) is 6. The molecule has 2 amide bonds. The van der Waals surface area contributed by atoms with Crippen molar-refractivity contribution in [2.75, 3.05) is 29.8 Å². The summed E-state index contributed by atoms with van der Waals surface area (Å²) in [6.07, 6.45) is 0. The van der Waals surface area contributed by atoms with Gasteiger partial charge in [-0.15, -0.1) is 4.72 Å². The molecule has 0 radical (unpaired) electrons. The van der Waals surface area contributed by atoms with Crippen molar-refractivity contribution < 1.29 is 14.1 Å². The first kappa shape index (κ1) is 25.0. The fourth-order valence-corrected chi connectivity index (χ4v) is 5.17. The van der Waals surface area contributed by atoms with E-state index in [0.717, 1.165) is 21.9 Å². The van der Waals surface area contributed by atoms with Crippen molar-refractivity contribution in [3.8, 4) is 0 Å². The standard InChI is InChI=1S/C26H31N5O3S/c1-17-13-14-19-9-5-6-10-20(19)21(17)15-30-23-11-7-8-12-24(23)31(35(34)28-4)16-22(26(30)33)29-25(32)18(2)27-3/h5-14,18,22,27-28H,15-16H2,1-4H3,(H,29,32)/t18-,22-,35?/m0/s1. The predicted octanol–water partition coefficient (Wildman–Crippen LogP) is 2.39. The van der Waals surface area contributed by atoms with E-state index in [1.54, 1.807) is 30.2 Å². The largest absolute Gasteiger partial charge is 0.573 e. The number of carbonyl (C=O) groups excluding carboxylic acids is 2. The Morgan fingerprint density at radius 3 is 2.49 bits per heavy atom. The van der Waals surface area contributed by atoms with Crippen molar-refractivity contribution in [3.63, 3.8) is 0 Å². The molecule has 1 aliphatic heterocycles. The van der Waals surface area contributed by atoms with Gasteiger partial charge in [-0.05, 0) is 54.9 Å². The summed E-state index contributed by atoms with van der Waals surface area (Å²) in [6.45, 7) is 4.14. The Morgan fingerprint density at radius 2 is 1.77 bits per heavy atom. The van der Waals surface area contributed by atoms with E-state index in [-0.39, 0.29) is 18.4 Å². The Kier molecular flexibility index (Phi) is 7.61. The molecule has 1 aliphatic rings. The molecule has 3 aromatic carbocycles. The highest BCUT2D eigenvalue weighted by Gasteiger charge is 2.39. The highest BCUT2D eigenvalue weighted by atomic mass is 32.2. The quantitative estimate of drug-likeness (QED) is 0.437. The lowest BCUT2D eigenvalue weighted by Crippen LogP contribution is -2.56. The Labute approximate surface area is 209 Å². The van der Waals surface area contributed by atoms with Crippen molar-refractivity contribution in [3.05, 3.63) is 71.8 Å². The van der Waals surface area contributed by atoms with Crippen LogP contribution in [0.5, 0.6) is 0 Å². The van der Waals surface area contributed by atoms with Gasteiger partial charge in [0, 0.05) is 7.05 Å². The van der Waals surface area contributed by atoms with Crippen LogP contribution >= 0.6 is 0 Å². The summed E-state index contributed by atoms with van der Waals surface area (Å²) < 4.78 is 17.4. The minimum Gasteiger partial charge on any atom is -0.573 e. The first-order valence-electron chi connectivity index (χ1n) is 11.6. The SMILES string of the molecule is CN[C@@H](C)C(=O)N[C@H]1CN([S+]([O-])NC)c2ccccc2N(Cc2c(C)ccc3ccccc23)C1=O. The van der Waals surface area contributed by atoms with Crippen molar-refractivity contribution in [1.82, 2.24) is 15.4 Å². The molecule has 0 saturated carbocycles. The van der Waals surface area contributed by atoms with Crippen LogP contribution < -0.4 is 24.6 Å². The average molecular weight is 494 g/mol. The highest BCUT2D eigenvalue weighted by Crippen LogP contribution is 2.36. The lowest BCUT2D eigenvalue weighted by molar-refractivity contribution is -0.128. The molecular formula is C26H31N5O3S. The number of hydrogen-bond donors (Lipinski definition) is 3. The molecule has 9 heteroatoms. The summed E-state index contributed by atoms with van der Waals surface area (Å²) in [7, 11) is 3.28. The third-order valence-electron chi connectivity index (χ3n) is 6.46. The van der Waals surface area contributed by atoms with Gasteiger partial charge in [0.05, 0.1) is 24.8 Å². The molecule has 0 aromatic heterocycles. The second-order valence-electron chi connectivity index (χ2n) is 8.58. The number of anilines is 2. The van der Waals surface area contributed by atoms with Crippen LogP contribution in [-0.2, 0) is 27.7 Å². The maximum Gasteiger partial charge on any atom is 0.251 e. The van der Waals surface area contributed by atoms with Crippen LogP contribution in [0.25, 0.3) is 10.8 Å². The topological polar surface area (TPSA) is 99.8 Å². The second-order valence-corrected chi connectivity index (χ2v) is 9.93. The maximum atomic E-state index is 14.0. The third kappa shape index (κ3) is 4.99. The Bertz CT molecular complexity index is 1240. The number of benzene rings is 3. The van der Waals surface area contributed by atoms with Gasteiger partial charge in [0.2, 0.25) is 5.91 Å². The number of carbonyl (C=O) groups is 2. The molecular weight excluding hydrogens is 462 g/mol. The van der Waals surface area contributed by atoms with Gasteiger partial charge < -0.3 is 20.1 Å². The minimum absolute atomic E-state index is 0.0660. The average Bonchev–Trinajstić information content (AvgIpc) is 2.99. The maximum absolute atomic E-state index is 14.0. The van der Waals surface area contributed by atoms with Crippen LogP contribution in [0, 0.1) is 6.92 Å². The van der Waals surface area contributed by atoms with Gasteiger partial charge >= 0.3 is 0 Å². The Hall–Kier alpha value is -3.11. The summed E-state index contributed by atoms with van der Waals surface area (Å²) in [4.78, 5) is 28.5. The monoisotopic (exact) mass is 493 g/mol. The molecule has 1 heterocycles. The first-order valence-corrected chi connectivity index (χ1v) is 12.7. The molecule has 184 valence electrons. The van der Waals surface area contributed by atoms with E-state index >= 15 is 0 Å². The van der Waals surface area contributed by atoms with Crippen LogP contribution in [-0.4, -0.2) is 49.1 Å². The number of para-hydroxylation sites is 2. The predicted molar refractivity (Wildman–Crippen MR) is 141 cm³/mol. The summed E-state index contributed by atoms with van der Waals surface area (Å²) in [6, 6.07) is 18.3. The van der Waals surface area contributed by atoms with E-state index in [0.29, 0.717) is 17.9 Å². The zero-order valence-electron chi connectivity index (χ0n) is 20.4. The molecule has 0 aliphatic carbocycles. The van der Waals surface area contributed by atoms with Gasteiger partial charge in [-0.25, -0.2) is 0 Å². The number of rotatable bonds is 7. The van der Waals surface area contributed by atoms with E-state index in [1.807, 2.05) is 43.3 Å². The van der Waals surface area contributed by atoms with Crippen LogP contribution in [0.1, 0.15) is 18.1 Å². The molecule has 3 N–H and O–H groups in total. The number of aryl methyl sites for hydroxylation is 1. The second kappa shape index (κ2) is 10.7. The van der Waals surface area contributed by atoms with Crippen molar-refractivity contribution in [2.45, 2.75) is 32.5 Å². The molecule has 0 spiro atoms. The smallest absolute Gasteiger partial charge is 0.251 e. The number of amides is 2. The fraction of sp³-hybridized carbons (Fsp3) is 0.308. The normalized spacial score (nSPS) is 17.6. The van der Waals surface area contributed by atoms with E-state index in [2.05, 4.69) is 39.6 Å². The van der Waals surface area contributed by atoms with Crippen LogP contribution in [0.3, 0.4) is 0 Å². The van der Waals surface area contributed by atoms with Crippen molar-refractivity contribution >= 4 is 45.5 Å². The van der Waals surface area contributed by atoms with E-state index in [4.69, 9.17) is 0 Å². The van der Waals surface area contributed by atoms with Gasteiger partial charge in [-0.1, -0.05) is 48.5 Å². The van der Waals surface area contributed by atoms with Gasteiger partial charge in [-0.2, -0.15) is 4.31 Å². The molecule has 1 unspecified atom stereocenters. The van der Waals surface area contributed by atoms with Crippen LogP contribution in [0.2, 0.25) is 0 Å². The minimum atomic E-state index is -1.60. The van der Waals surface area contributed by atoms with E-state index in [1.165, 1.54) is 0 Å². The Morgan fingerprint density at radius 1 is 1.09 bits per heavy atom.